The summed E-state index contributed by atoms with van der Waals surface area (Å²) in [6, 6.07) is 4.47. The number of alkyl halides is 3. The van der Waals surface area contributed by atoms with Gasteiger partial charge in [0, 0.05) is 19.1 Å². The first-order valence-corrected chi connectivity index (χ1v) is 7.69. The monoisotopic (exact) mass is 344 g/mol. The van der Waals surface area contributed by atoms with E-state index in [4.69, 9.17) is 5.73 Å². The Bertz CT molecular complexity index is 592. The number of rotatable bonds is 3. The Balaban J connectivity index is 0.00000220. The number of nitrogens with zero attached hydrogens (tertiary/aromatic N) is 1. The number of halogens is 4. The minimum absolute atomic E-state index is 0. The van der Waals surface area contributed by atoms with Gasteiger partial charge < -0.3 is 5.73 Å². The topological polar surface area (TPSA) is 63.4 Å². The van der Waals surface area contributed by atoms with Crippen LogP contribution in [0.2, 0.25) is 0 Å². The molecule has 1 aliphatic heterocycles. The second-order valence-corrected chi connectivity index (χ2v) is 6.79. The first-order chi connectivity index (χ1) is 9.20. The maximum Gasteiger partial charge on any atom is 0.416 e. The van der Waals surface area contributed by atoms with Crippen LogP contribution < -0.4 is 5.73 Å². The lowest BCUT2D eigenvalue weighted by molar-refractivity contribution is -0.138. The fourth-order valence-electron chi connectivity index (χ4n) is 2.22. The second kappa shape index (κ2) is 6.51. The standard InChI is InChI=1S/C12H15F3N2O2S.ClH/c13-12(14,15)11-4-2-1-3-9(11)8-20(18,19)17-6-5-10(16)7-17;/h1-4,10H,5-8,16H2;1H/t10-;/m1./s1. The van der Waals surface area contributed by atoms with Crippen molar-refractivity contribution in [1.82, 2.24) is 4.31 Å². The summed E-state index contributed by atoms with van der Waals surface area (Å²) in [5.41, 5.74) is 4.48. The minimum Gasteiger partial charge on any atom is -0.326 e. The van der Waals surface area contributed by atoms with Crippen LogP contribution in [0.15, 0.2) is 24.3 Å². The molecule has 0 aliphatic carbocycles. The fourth-order valence-corrected chi connectivity index (χ4v) is 3.85. The van der Waals surface area contributed by atoms with E-state index in [9.17, 15) is 21.6 Å². The van der Waals surface area contributed by atoms with Crippen molar-refractivity contribution in [2.45, 2.75) is 24.4 Å². The lowest BCUT2D eigenvalue weighted by Gasteiger charge is -2.18. The Kier molecular flexibility index (Phi) is 5.65. The van der Waals surface area contributed by atoms with Crippen LogP contribution in [0.25, 0.3) is 0 Å². The highest BCUT2D eigenvalue weighted by Gasteiger charge is 2.36. The molecule has 2 N–H and O–H groups in total. The van der Waals surface area contributed by atoms with Gasteiger partial charge in [0.2, 0.25) is 10.0 Å². The Morgan fingerprint density at radius 3 is 2.43 bits per heavy atom. The van der Waals surface area contributed by atoms with Crippen molar-refractivity contribution in [2.75, 3.05) is 13.1 Å². The third-order valence-corrected chi connectivity index (χ3v) is 5.04. The van der Waals surface area contributed by atoms with Crippen molar-refractivity contribution in [3.8, 4) is 0 Å². The first-order valence-electron chi connectivity index (χ1n) is 6.08. The summed E-state index contributed by atoms with van der Waals surface area (Å²) in [6.45, 7) is 0.425. The number of hydrogen-bond acceptors (Lipinski definition) is 3. The van der Waals surface area contributed by atoms with Crippen LogP contribution >= 0.6 is 12.4 Å². The summed E-state index contributed by atoms with van der Waals surface area (Å²) < 4.78 is 63.9. The largest absolute Gasteiger partial charge is 0.416 e. The molecule has 1 aromatic carbocycles. The van der Waals surface area contributed by atoms with E-state index in [0.29, 0.717) is 6.42 Å². The average molecular weight is 345 g/mol. The Hall–Kier alpha value is -0.830. The average Bonchev–Trinajstić information content (AvgIpc) is 2.75. The first kappa shape index (κ1) is 18.2. The van der Waals surface area contributed by atoms with E-state index >= 15 is 0 Å². The molecule has 21 heavy (non-hydrogen) atoms. The number of sulfonamides is 1. The van der Waals surface area contributed by atoms with Crippen molar-refractivity contribution < 1.29 is 21.6 Å². The summed E-state index contributed by atoms with van der Waals surface area (Å²) in [4.78, 5) is 0. The molecule has 1 aliphatic rings. The van der Waals surface area contributed by atoms with Crippen LogP contribution in [0.5, 0.6) is 0 Å². The Labute approximate surface area is 127 Å². The zero-order chi connectivity index (χ0) is 15.0. The van der Waals surface area contributed by atoms with Gasteiger partial charge in [-0.2, -0.15) is 13.2 Å². The molecular weight excluding hydrogens is 329 g/mol. The second-order valence-electron chi connectivity index (χ2n) is 4.82. The van der Waals surface area contributed by atoms with E-state index < -0.39 is 27.5 Å². The van der Waals surface area contributed by atoms with Gasteiger partial charge in [-0.25, -0.2) is 12.7 Å². The summed E-state index contributed by atoms with van der Waals surface area (Å²) >= 11 is 0. The Morgan fingerprint density at radius 1 is 1.29 bits per heavy atom. The SMILES string of the molecule is Cl.N[C@@H]1CCN(S(=O)(=O)Cc2ccccc2C(F)(F)F)C1. The van der Waals surface area contributed by atoms with E-state index in [0.717, 1.165) is 10.4 Å². The maximum atomic E-state index is 12.8. The summed E-state index contributed by atoms with van der Waals surface area (Å²) in [7, 11) is -3.78. The lowest BCUT2D eigenvalue weighted by Crippen LogP contribution is -2.33. The summed E-state index contributed by atoms with van der Waals surface area (Å²) in [5.74, 6) is -0.657. The van der Waals surface area contributed by atoms with Crippen molar-refractivity contribution in [2.24, 2.45) is 5.73 Å². The molecule has 1 fully saturated rings. The molecule has 1 saturated heterocycles. The van der Waals surface area contributed by atoms with Gasteiger partial charge in [0.25, 0.3) is 0 Å². The summed E-state index contributed by atoms with van der Waals surface area (Å²) in [5, 5.41) is 0. The van der Waals surface area contributed by atoms with Crippen LogP contribution in [0.1, 0.15) is 17.5 Å². The summed E-state index contributed by atoms with van der Waals surface area (Å²) in [6.07, 6.45) is -4.03. The van der Waals surface area contributed by atoms with E-state index in [1.54, 1.807) is 0 Å². The van der Waals surface area contributed by atoms with Gasteiger partial charge in [-0.3, -0.25) is 0 Å². The molecule has 0 radical (unpaired) electrons. The third-order valence-electron chi connectivity index (χ3n) is 3.24. The molecule has 1 heterocycles. The van der Waals surface area contributed by atoms with Crippen molar-refractivity contribution in [3.05, 3.63) is 35.4 Å². The zero-order valence-corrected chi connectivity index (χ0v) is 12.6. The van der Waals surface area contributed by atoms with E-state index in [2.05, 4.69) is 0 Å². The molecule has 4 nitrogen and oxygen atoms in total. The van der Waals surface area contributed by atoms with Crippen LogP contribution in [-0.2, 0) is 22.0 Å². The molecule has 120 valence electrons. The van der Waals surface area contributed by atoms with Crippen molar-refractivity contribution >= 4 is 22.4 Å². The van der Waals surface area contributed by atoms with Crippen LogP contribution in [0.4, 0.5) is 13.2 Å². The quantitative estimate of drug-likeness (QED) is 0.912. The molecule has 1 atom stereocenters. The fraction of sp³-hybridized carbons (Fsp3) is 0.500. The number of hydrogen-bond donors (Lipinski definition) is 1. The highest BCUT2D eigenvalue weighted by atomic mass is 35.5. The maximum absolute atomic E-state index is 12.8. The molecule has 2 rings (SSSR count). The van der Waals surface area contributed by atoms with Gasteiger partial charge >= 0.3 is 6.18 Å². The predicted octanol–water partition coefficient (Wildman–Crippen LogP) is 1.99. The molecule has 0 bridgehead atoms. The highest BCUT2D eigenvalue weighted by molar-refractivity contribution is 7.88. The van der Waals surface area contributed by atoms with Crippen LogP contribution in [-0.4, -0.2) is 31.9 Å². The molecule has 9 heteroatoms. The van der Waals surface area contributed by atoms with Gasteiger partial charge in [0.1, 0.15) is 0 Å². The molecule has 0 amide bonds. The van der Waals surface area contributed by atoms with Gasteiger partial charge in [-0.15, -0.1) is 12.4 Å². The van der Waals surface area contributed by atoms with Crippen molar-refractivity contribution in [1.29, 1.82) is 0 Å². The molecule has 0 saturated carbocycles. The smallest absolute Gasteiger partial charge is 0.326 e. The van der Waals surface area contributed by atoms with Crippen molar-refractivity contribution in [3.63, 3.8) is 0 Å². The van der Waals surface area contributed by atoms with Crippen LogP contribution in [0, 0.1) is 0 Å². The highest BCUT2D eigenvalue weighted by Crippen LogP contribution is 2.33. The molecule has 0 aromatic heterocycles. The van der Waals surface area contributed by atoms with E-state index in [1.807, 2.05) is 0 Å². The van der Waals surface area contributed by atoms with Crippen LogP contribution in [0.3, 0.4) is 0 Å². The van der Waals surface area contributed by atoms with Gasteiger partial charge in [0.15, 0.2) is 0 Å². The van der Waals surface area contributed by atoms with E-state index in [1.165, 1.54) is 18.2 Å². The van der Waals surface area contributed by atoms with Gasteiger partial charge in [0.05, 0.1) is 11.3 Å². The Morgan fingerprint density at radius 2 is 1.90 bits per heavy atom. The zero-order valence-electron chi connectivity index (χ0n) is 11.0. The lowest BCUT2D eigenvalue weighted by atomic mass is 10.1. The predicted molar refractivity (Wildman–Crippen MR) is 75.5 cm³/mol. The molecular formula is C12H16ClF3N2O2S. The molecule has 0 spiro atoms. The third kappa shape index (κ3) is 4.32. The number of benzene rings is 1. The minimum atomic E-state index is -4.56. The van der Waals surface area contributed by atoms with Gasteiger partial charge in [-0.05, 0) is 18.1 Å². The van der Waals surface area contributed by atoms with Gasteiger partial charge in [-0.1, -0.05) is 18.2 Å². The normalized spacial score (nSPS) is 20.3. The van der Waals surface area contributed by atoms with E-state index in [-0.39, 0.29) is 37.1 Å². The molecule has 0 unspecified atom stereocenters. The number of nitrogens with two attached hydrogens (primary N) is 1. The molecule has 1 aromatic rings.